The molecule has 0 saturated heterocycles. The van der Waals surface area contributed by atoms with Gasteiger partial charge in [-0.2, -0.15) is 0 Å². The Morgan fingerprint density at radius 3 is 2.44 bits per heavy atom. The lowest BCUT2D eigenvalue weighted by atomic mass is 10.1. The number of hydrogen-bond acceptors (Lipinski definition) is 7. The molecule has 1 rings (SSSR count). The number of ether oxygens (including phenoxy) is 2. The molecule has 188 valence electrons. The lowest BCUT2D eigenvalue weighted by Gasteiger charge is -2.19. The van der Waals surface area contributed by atoms with Crippen molar-refractivity contribution in [2.45, 2.75) is 45.3 Å². The molecule has 5 amide bonds. The molecule has 0 aliphatic heterocycles. The SMILES string of the molecule is CCCOCCC(=O)NCC(=O)NC(CCCNC(N)=O)C(=O)Nc1ccc(COC=O)cc1. The molecule has 0 aromatic heterocycles. The summed E-state index contributed by atoms with van der Waals surface area (Å²) in [7, 11) is 0. The van der Waals surface area contributed by atoms with Crippen LogP contribution in [-0.4, -0.2) is 62.6 Å². The predicted octanol–water partition coefficient (Wildman–Crippen LogP) is 0.164. The number of urea groups is 1. The fourth-order valence-electron chi connectivity index (χ4n) is 2.75. The Bertz CT molecular complexity index is 801. The molecule has 34 heavy (non-hydrogen) atoms. The number of benzene rings is 1. The van der Waals surface area contributed by atoms with E-state index in [4.69, 9.17) is 10.5 Å². The van der Waals surface area contributed by atoms with Gasteiger partial charge in [0.1, 0.15) is 12.6 Å². The van der Waals surface area contributed by atoms with Gasteiger partial charge in [-0.15, -0.1) is 0 Å². The summed E-state index contributed by atoms with van der Waals surface area (Å²) in [5.74, 6) is -1.34. The summed E-state index contributed by atoms with van der Waals surface area (Å²) in [6, 6.07) is 5.04. The second-order valence-corrected chi connectivity index (χ2v) is 7.29. The Hall–Kier alpha value is -3.67. The van der Waals surface area contributed by atoms with Gasteiger partial charge in [0, 0.05) is 25.3 Å². The highest BCUT2D eigenvalue weighted by Crippen LogP contribution is 2.11. The summed E-state index contributed by atoms with van der Waals surface area (Å²) in [6.45, 7) is 3.18. The summed E-state index contributed by atoms with van der Waals surface area (Å²) in [5, 5.41) is 10.2. The van der Waals surface area contributed by atoms with E-state index in [1.165, 1.54) is 0 Å². The first kappa shape index (κ1) is 28.4. The largest absolute Gasteiger partial charge is 0.463 e. The number of nitrogens with two attached hydrogens (primary N) is 1. The van der Waals surface area contributed by atoms with Gasteiger partial charge in [-0.3, -0.25) is 19.2 Å². The number of carbonyl (C=O) groups excluding carboxylic acids is 5. The van der Waals surface area contributed by atoms with Crippen molar-refractivity contribution in [3.63, 3.8) is 0 Å². The van der Waals surface area contributed by atoms with Crippen LogP contribution in [0.25, 0.3) is 0 Å². The van der Waals surface area contributed by atoms with Gasteiger partial charge in [-0.1, -0.05) is 19.1 Å². The zero-order valence-corrected chi connectivity index (χ0v) is 19.3. The van der Waals surface area contributed by atoms with Crippen LogP contribution in [-0.2, 0) is 35.3 Å². The molecule has 0 bridgehead atoms. The van der Waals surface area contributed by atoms with Crippen molar-refractivity contribution in [2.24, 2.45) is 5.73 Å². The number of amides is 5. The topological polar surface area (TPSA) is 178 Å². The minimum absolute atomic E-state index is 0.111. The van der Waals surface area contributed by atoms with Crippen molar-refractivity contribution in [2.75, 3.05) is 31.6 Å². The molecule has 0 spiro atoms. The fourth-order valence-corrected chi connectivity index (χ4v) is 2.75. The molecule has 1 atom stereocenters. The first-order chi connectivity index (χ1) is 16.3. The van der Waals surface area contributed by atoms with Crippen molar-refractivity contribution in [1.29, 1.82) is 0 Å². The van der Waals surface area contributed by atoms with E-state index >= 15 is 0 Å². The van der Waals surface area contributed by atoms with E-state index in [0.29, 0.717) is 25.2 Å². The predicted molar refractivity (Wildman–Crippen MR) is 123 cm³/mol. The highest BCUT2D eigenvalue weighted by atomic mass is 16.5. The van der Waals surface area contributed by atoms with E-state index in [0.717, 1.165) is 12.0 Å². The standard InChI is InChI=1S/C22H33N5O7/c1-2-11-33-12-9-19(29)25-13-20(30)27-18(4-3-10-24-22(23)32)21(31)26-17-7-5-16(6-8-17)14-34-15-28/h5-8,15,18H,2-4,9-14H2,1H3,(H,25,29)(H,26,31)(H,27,30)(H3,23,24,32). The molecule has 0 aliphatic rings. The number of nitrogens with one attached hydrogen (secondary N) is 4. The van der Waals surface area contributed by atoms with E-state index in [-0.39, 0.29) is 45.1 Å². The van der Waals surface area contributed by atoms with E-state index in [1.807, 2.05) is 6.92 Å². The second kappa shape index (κ2) is 16.9. The summed E-state index contributed by atoms with van der Waals surface area (Å²) in [4.78, 5) is 58.0. The number of carbonyl (C=O) groups is 5. The molecule has 0 heterocycles. The summed E-state index contributed by atoms with van der Waals surface area (Å²) < 4.78 is 9.91. The Morgan fingerprint density at radius 1 is 1.06 bits per heavy atom. The second-order valence-electron chi connectivity index (χ2n) is 7.29. The third kappa shape index (κ3) is 13.0. The van der Waals surface area contributed by atoms with Gasteiger partial charge in [-0.05, 0) is 37.0 Å². The molecule has 0 saturated carbocycles. The minimum atomic E-state index is -0.912. The van der Waals surface area contributed by atoms with Crippen LogP contribution in [0.5, 0.6) is 0 Å². The van der Waals surface area contributed by atoms with E-state index < -0.39 is 23.9 Å². The van der Waals surface area contributed by atoms with E-state index in [9.17, 15) is 24.0 Å². The zero-order valence-electron chi connectivity index (χ0n) is 19.3. The molecule has 6 N–H and O–H groups in total. The number of rotatable bonds is 17. The molecule has 1 aromatic carbocycles. The number of primary amides is 1. The van der Waals surface area contributed by atoms with Crippen molar-refractivity contribution in [1.82, 2.24) is 16.0 Å². The molecule has 0 aliphatic carbocycles. The summed E-state index contributed by atoms with van der Waals surface area (Å²) in [5.41, 5.74) is 6.26. The molecule has 12 heteroatoms. The van der Waals surface area contributed by atoms with Crippen LogP contribution in [0.4, 0.5) is 10.5 Å². The first-order valence-corrected chi connectivity index (χ1v) is 11.0. The lowest BCUT2D eigenvalue weighted by molar-refractivity contribution is -0.129. The Labute approximate surface area is 198 Å². The van der Waals surface area contributed by atoms with Crippen LogP contribution < -0.4 is 27.0 Å². The third-order valence-corrected chi connectivity index (χ3v) is 4.43. The van der Waals surface area contributed by atoms with Gasteiger partial charge < -0.3 is 36.5 Å². The summed E-state index contributed by atoms with van der Waals surface area (Å²) in [6.07, 6.45) is 1.58. The molecule has 0 radical (unpaired) electrons. The molecular weight excluding hydrogens is 446 g/mol. The molecule has 12 nitrogen and oxygen atoms in total. The van der Waals surface area contributed by atoms with Gasteiger partial charge in [0.25, 0.3) is 6.47 Å². The smallest absolute Gasteiger partial charge is 0.312 e. The average Bonchev–Trinajstić information content (AvgIpc) is 2.81. The van der Waals surface area contributed by atoms with Crippen LogP contribution in [0.2, 0.25) is 0 Å². The van der Waals surface area contributed by atoms with Crippen LogP contribution in [0.15, 0.2) is 24.3 Å². The van der Waals surface area contributed by atoms with Crippen LogP contribution in [0.1, 0.15) is 38.2 Å². The van der Waals surface area contributed by atoms with Crippen LogP contribution >= 0.6 is 0 Å². The number of hydrogen-bond donors (Lipinski definition) is 5. The van der Waals surface area contributed by atoms with Gasteiger partial charge in [0.2, 0.25) is 17.7 Å². The monoisotopic (exact) mass is 479 g/mol. The van der Waals surface area contributed by atoms with Crippen molar-refractivity contribution < 1.29 is 33.4 Å². The van der Waals surface area contributed by atoms with Gasteiger partial charge >= 0.3 is 6.03 Å². The normalized spacial score (nSPS) is 11.1. The van der Waals surface area contributed by atoms with E-state index in [1.54, 1.807) is 24.3 Å². The molecular formula is C22H33N5O7. The summed E-state index contributed by atoms with van der Waals surface area (Å²) >= 11 is 0. The lowest BCUT2D eigenvalue weighted by Crippen LogP contribution is -2.47. The first-order valence-electron chi connectivity index (χ1n) is 11.0. The van der Waals surface area contributed by atoms with Gasteiger partial charge in [0.15, 0.2) is 0 Å². The van der Waals surface area contributed by atoms with E-state index in [2.05, 4.69) is 26.0 Å². The molecule has 0 fully saturated rings. The fraction of sp³-hybridized carbons (Fsp3) is 0.500. The Kier molecular flexibility index (Phi) is 14.1. The quantitative estimate of drug-likeness (QED) is 0.156. The minimum Gasteiger partial charge on any atom is -0.463 e. The number of anilines is 1. The van der Waals surface area contributed by atoms with Crippen molar-refractivity contribution >= 4 is 35.9 Å². The zero-order chi connectivity index (χ0) is 25.2. The van der Waals surface area contributed by atoms with Crippen LogP contribution in [0, 0.1) is 0 Å². The maximum absolute atomic E-state index is 12.8. The maximum Gasteiger partial charge on any atom is 0.312 e. The van der Waals surface area contributed by atoms with Crippen molar-refractivity contribution in [3.8, 4) is 0 Å². The molecule has 1 unspecified atom stereocenters. The van der Waals surface area contributed by atoms with Crippen molar-refractivity contribution in [3.05, 3.63) is 29.8 Å². The average molecular weight is 480 g/mol. The Morgan fingerprint density at radius 2 is 1.79 bits per heavy atom. The van der Waals surface area contributed by atoms with Gasteiger partial charge in [0.05, 0.1) is 13.2 Å². The Balaban J connectivity index is 2.61. The van der Waals surface area contributed by atoms with Gasteiger partial charge in [-0.25, -0.2) is 4.79 Å². The maximum atomic E-state index is 12.8. The van der Waals surface area contributed by atoms with Crippen LogP contribution in [0.3, 0.4) is 0 Å². The molecule has 1 aromatic rings. The third-order valence-electron chi connectivity index (χ3n) is 4.43. The highest BCUT2D eigenvalue weighted by Gasteiger charge is 2.21. The highest BCUT2D eigenvalue weighted by molar-refractivity contribution is 5.97.